The second-order valence-corrected chi connectivity index (χ2v) is 6.36. The van der Waals surface area contributed by atoms with Crippen LogP contribution in [0.4, 0.5) is 0 Å². The van der Waals surface area contributed by atoms with Crippen LogP contribution < -0.4 is 0 Å². The number of nitrogens with one attached hydrogen (secondary N) is 1. The zero-order valence-corrected chi connectivity index (χ0v) is 11.1. The van der Waals surface area contributed by atoms with Crippen molar-refractivity contribution >= 4 is 0 Å². The molecule has 90 valence electrons. The number of aryl methyl sites for hydroxylation is 1. The number of hydrogen-bond acceptors (Lipinski definition) is 1. The fourth-order valence-electron chi connectivity index (χ4n) is 2.55. The molecule has 0 saturated heterocycles. The fraction of sp³-hybridized carbons (Fsp3) is 0.786. The predicted molar refractivity (Wildman–Crippen MR) is 67.6 cm³/mol. The SMILES string of the molecule is CCC1CCc2nc(CC(C)(C)C)[nH]c2C1. The summed E-state index contributed by atoms with van der Waals surface area (Å²) in [4.78, 5) is 8.29. The molecule has 1 aromatic rings. The number of nitrogens with zero attached hydrogens (tertiary/aromatic N) is 1. The second-order valence-electron chi connectivity index (χ2n) is 6.36. The summed E-state index contributed by atoms with van der Waals surface area (Å²) < 4.78 is 0. The van der Waals surface area contributed by atoms with Gasteiger partial charge in [-0.25, -0.2) is 4.98 Å². The molecule has 0 spiro atoms. The number of aromatic amines is 1. The van der Waals surface area contributed by atoms with Crippen molar-refractivity contribution in [3.8, 4) is 0 Å². The summed E-state index contributed by atoms with van der Waals surface area (Å²) in [5, 5.41) is 0. The van der Waals surface area contributed by atoms with E-state index in [-0.39, 0.29) is 0 Å². The van der Waals surface area contributed by atoms with Gasteiger partial charge in [-0.1, -0.05) is 34.1 Å². The van der Waals surface area contributed by atoms with Crippen LogP contribution in [-0.2, 0) is 19.3 Å². The van der Waals surface area contributed by atoms with E-state index in [2.05, 4.69) is 32.7 Å². The standard InChI is InChI=1S/C14H24N2/c1-5-10-6-7-11-12(8-10)16-13(15-11)9-14(2,3)4/h10H,5-9H2,1-4H3,(H,15,16). The maximum absolute atomic E-state index is 4.75. The smallest absolute Gasteiger partial charge is 0.107 e. The first-order chi connectivity index (χ1) is 7.48. The van der Waals surface area contributed by atoms with Crippen molar-refractivity contribution in [2.75, 3.05) is 0 Å². The molecule has 0 aliphatic heterocycles. The molecule has 1 unspecified atom stereocenters. The van der Waals surface area contributed by atoms with Gasteiger partial charge in [-0.15, -0.1) is 0 Å². The molecule has 2 nitrogen and oxygen atoms in total. The average molecular weight is 220 g/mol. The molecule has 0 saturated carbocycles. The van der Waals surface area contributed by atoms with Gasteiger partial charge in [0.25, 0.3) is 0 Å². The van der Waals surface area contributed by atoms with Gasteiger partial charge in [0, 0.05) is 12.1 Å². The van der Waals surface area contributed by atoms with Crippen LogP contribution in [0, 0.1) is 11.3 Å². The van der Waals surface area contributed by atoms with E-state index in [0.717, 1.165) is 12.3 Å². The van der Waals surface area contributed by atoms with Gasteiger partial charge in [0.05, 0.1) is 5.69 Å². The van der Waals surface area contributed by atoms with E-state index in [1.807, 2.05) is 0 Å². The van der Waals surface area contributed by atoms with E-state index in [4.69, 9.17) is 4.98 Å². The Morgan fingerprint density at radius 3 is 2.75 bits per heavy atom. The molecule has 0 fully saturated rings. The van der Waals surface area contributed by atoms with Gasteiger partial charge in [0.15, 0.2) is 0 Å². The summed E-state index contributed by atoms with van der Waals surface area (Å²) in [5.41, 5.74) is 3.08. The third-order valence-electron chi connectivity index (χ3n) is 3.47. The Hall–Kier alpha value is -0.790. The van der Waals surface area contributed by atoms with Crippen LogP contribution in [0.15, 0.2) is 0 Å². The number of H-pyrrole nitrogens is 1. The summed E-state index contributed by atoms with van der Waals surface area (Å²) in [5.74, 6) is 2.06. The molecular formula is C14H24N2. The van der Waals surface area contributed by atoms with Crippen LogP contribution >= 0.6 is 0 Å². The van der Waals surface area contributed by atoms with Crippen molar-refractivity contribution in [1.29, 1.82) is 0 Å². The number of aromatic nitrogens is 2. The quantitative estimate of drug-likeness (QED) is 0.811. The van der Waals surface area contributed by atoms with Gasteiger partial charge in [-0.05, 0) is 30.6 Å². The zero-order valence-electron chi connectivity index (χ0n) is 11.1. The third-order valence-corrected chi connectivity index (χ3v) is 3.47. The van der Waals surface area contributed by atoms with E-state index in [1.54, 1.807) is 0 Å². The van der Waals surface area contributed by atoms with E-state index >= 15 is 0 Å². The summed E-state index contributed by atoms with van der Waals surface area (Å²) in [6, 6.07) is 0. The molecule has 0 amide bonds. The molecule has 2 rings (SSSR count). The first kappa shape index (κ1) is 11.7. The van der Waals surface area contributed by atoms with Gasteiger partial charge >= 0.3 is 0 Å². The average Bonchev–Trinajstić information content (AvgIpc) is 2.55. The maximum Gasteiger partial charge on any atom is 0.107 e. The minimum atomic E-state index is 0.324. The summed E-state index contributed by atoms with van der Waals surface area (Å²) in [7, 11) is 0. The molecule has 0 radical (unpaired) electrons. The van der Waals surface area contributed by atoms with Crippen LogP contribution in [0.2, 0.25) is 0 Å². The van der Waals surface area contributed by atoms with Crippen LogP contribution in [0.5, 0.6) is 0 Å². The van der Waals surface area contributed by atoms with Crippen molar-refractivity contribution in [3.05, 3.63) is 17.2 Å². The molecular weight excluding hydrogens is 196 g/mol. The van der Waals surface area contributed by atoms with Crippen molar-refractivity contribution in [2.24, 2.45) is 11.3 Å². The highest BCUT2D eigenvalue weighted by Crippen LogP contribution is 2.27. The lowest BCUT2D eigenvalue weighted by molar-refractivity contribution is 0.401. The molecule has 1 aromatic heterocycles. The number of imidazole rings is 1. The van der Waals surface area contributed by atoms with Crippen molar-refractivity contribution in [2.45, 2.75) is 59.8 Å². The Kier molecular flexibility index (Phi) is 3.09. The molecule has 0 aromatic carbocycles. The van der Waals surface area contributed by atoms with E-state index in [1.165, 1.54) is 42.9 Å². The first-order valence-electron chi connectivity index (χ1n) is 6.54. The van der Waals surface area contributed by atoms with Crippen LogP contribution in [0.25, 0.3) is 0 Å². The predicted octanol–water partition coefficient (Wildman–Crippen LogP) is 3.51. The second kappa shape index (κ2) is 4.23. The van der Waals surface area contributed by atoms with Crippen molar-refractivity contribution < 1.29 is 0 Å². The normalized spacial score (nSPS) is 20.9. The Morgan fingerprint density at radius 2 is 2.12 bits per heavy atom. The van der Waals surface area contributed by atoms with Gasteiger partial charge in [0.2, 0.25) is 0 Å². The monoisotopic (exact) mass is 220 g/mol. The Labute approximate surface area is 98.9 Å². The van der Waals surface area contributed by atoms with E-state index in [0.29, 0.717) is 5.41 Å². The number of fused-ring (bicyclic) bond motifs is 1. The molecule has 1 aliphatic rings. The molecule has 1 aliphatic carbocycles. The highest BCUT2D eigenvalue weighted by molar-refractivity contribution is 5.19. The summed E-state index contributed by atoms with van der Waals surface area (Å²) in [6.45, 7) is 9.10. The summed E-state index contributed by atoms with van der Waals surface area (Å²) in [6.07, 6.45) is 6.06. The van der Waals surface area contributed by atoms with Crippen LogP contribution in [0.1, 0.15) is 57.7 Å². The third kappa shape index (κ3) is 2.66. The van der Waals surface area contributed by atoms with Crippen LogP contribution in [-0.4, -0.2) is 9.97 Å². The van der Waals surface area contributed by atoms with Gasteiger partial charge < -0.3 is 4.98 Å². The topological polar surface area (TPSA) is 28.7 Å². The van der Waals surface area contributed by atoms with Gasteiger partial charge in [-0.2, -0.15) is 0 Å². The van der Waals surface area contributed by atoms with Gasteiger partial charge in [-0.3, -0.25) is 0 Å². The number of rotatable bonds is 2. The molecule has 2 heteroatoms. The molecule has 16 heavy (non-hydrogen) atoms. The lowest BCUT2D eigenvalue weighted by atomic mass is 9.88. The van der Waals surface area contributed by atoms with Gasteiger partial charge in [0.1, 0.15) is 5.82 Å². The van der Waals surface area contributed by atoms with Crippen molar-refractivity contribution in [1.82, 2.24) is 9.97 Å². The lowest BCUT2D eigenvalue weighted by Gasteiger charge is -2.19. The maximum atomic E-state index is 4.75. The highest BCUT2D eigenvalue weighted by atomic mass is 14.9. The Balaban J connectivity index is 2.12. The highest BCUT2D eigenvalue weighted by Gasteiger charge is 2.22. The minimum Gasteiger partial charge on any atom is -0.346 e. The summed E-state index contributed by atoms with van der Waals surface area (Å²) >= 11 is 0. The lowest BCUT2D eigenvalue weighted by Crippen LogP contribution is -2.13. The molecule has 1 heterocycles. The minimum absolute atomic E-state index is 0.324. The zero-order chi connectivity index (χ0) is 11.8. The molecule has 1 atom stereocenters. The van der Waals surface area contributed by atoms with E-state index in [9.17, 15) is 0 Å². The number of hydrogen-bond donors (Lipinski definition) is 1. The Bertz CT molecular complexity index is 357. The molecule has 0 bridgehead atoms. The fourth-order valence-corrected chi connectivity index (χ4v) is 2.55. The first-order valence-corrected chi connectivity index (χ1v) is 6.54. The molecule has 1 N–H and O–H groups in total. The largest absolute Gasteiger partial charge is 0.346 e. The van der Waals surface area contributed by atoms with Crippen LogP contribution in [0.3, 0.4) is 0 Å². The van der Waals surface area contributed by atoms with Crippen molar-refractivity contribution in [3.63, 3.8) is 0 Å². The Morgan fingerprint density at radius 1 is 1.38 bits per heavy atom. The van der Waals surface area contributed by atoms with E-state index < -0.39 is 0 Å².